The summed E-state index contributed by atoms with van der Waals surface area (Å²) in [7, 11) is 1.66. The lowest BCUT2D eigenvalue weighted by Gasteiger charge is -2.34. The van der Waals surface area contributed by atoms with Gasteiger partial charge in [-0.15, -0.1) is 0 Å². The van der Waals surface area contributed by atoms with Crippen LogP contribution in [0.15, 0.2) is 193 Å². The zero-order chi connectivity index (χ0) is 45.9. The highest BCUT2D eigenvalue weighted by Crippen LogP contribution is 2.52. The number of methoxy groups -OCH3 is 1. The van der Waals surface area contributed by atoms with Crippen LogP contribution in [0.25, 0.3) is 0 Å². The molecule has 2 aliphatic rings. The van der Waals surface area contributed by atoms with Gasteiger partial charge in [0.15, 0.2) is 12.3 Å². The Balaban J connectivity index is 1.32. The minimum Gasteiger partial charge on any atom is -0.497 e. The second kappa shape index (κ2) is 20.4. The van der Waals surface area contributed by atoms with E-state index in [0.717, 1.165) is 45.0 Å². The number of rotatable bonds is 19. The van der Waals surface area contributed by atoms with Crippen molar-refractivity contribution >= 4 is 29.5 Å². The molecular formula is C58H54N3O5+. The first-order valence-electron chi connectivity index (χ1n) is 22.4. The number of carbonyl (C=O) groups is 2. The molecular weight excluding hydrogens is 819 g/mol. The zero-order valence-corrected chi connectivity index (χ0v) is 37.5. The summed E-state index contributed by atoms with van der Waals surface area (Å²) in [5.41, 5.74) is 10.9. The van der Waals surface area contributed by atoms with Crippen LogP contribution in [0.3, 0.4) is 0 Å². The number of carboxylic acid groups (broad SMARTS) is 1. The Morgan fingerprint density at radius 2 is 1.30 bits per heavy atom. The smallest absolute Gasteiger partial charge is 0.309 e. The molecule has 0 aromatic heterocycles. The average Bonchev–Trinajstić information content (AvgIpc) is 3.72. The van der Waals surface area contributed by atoms with E-state index in [2.05, 4.69) is 126 Å². The summed E-state index contributed by atoms with van der Waals surface area (Å²) in [4.78, 5) is 26.0. The number of carbonyl (C=O) groups excluding carboxylic acids is 1. The molecule has 0 amide bonds. The van der Waals surface area contributed by atoms with Crippen molar-refractivity contribution in [3.05, 3.63) is 232 Å². The van der Waals surface area contributed by atoms with Gasteiger partial charge in [-0.1, -0.05) is 139 Å². The van der Waals surface area contributed by atoms with E-state index in [0.29, 0.717) is 50.0 Å². The van der Waals surface area contributed by atoms with Crippen LogP contribution in [-0.2, 0) is 50.8 Å². The molecule has 0 aliphatic carbocycles. The lowest BCUT2D eigenvalue weighted by atomic mass is 9.69. The number of nitriles is 1. The molecule has 1 N–H and O–H groups in total. The van der Waals surface area contributed by atoms with E-state index in [4.69, 9.17) is 9.47 Å². The molecule has 6 aromatic rings. The zero-order valence-electron chi connectivity index (χ0n) is 37.5. The van der Waals surface area contributed by atoms with Crippen LogP contribution in [0.1, 0.15) is 45.4 Å². The van der Waals surface area contributed by atoms with E-state index in [-0.39, 0.29) is 19.6 Å². The number of ether oxygens (including phenoxy) is 2. The van der Waals surface area contributed by atoms with Gasteiger partial charge in [0.2, 0.25) is 5.69 Å². The maximum Gasteiger partial charge on any atom is 0.309 e. The third-order valence-electron chi connectivity index (χ3n) is 12.9. The molecule has 6 aromatic carbocycles. The van der Waals surface area contributed by atoms with Crippen molar-refractivity contribution < 1.29 is 28.7 Å². The number of hydrogen-bond acceptors (Lipinski definition) is 6. The fourth-order valence-corrected chi connectivity index (χ4v) is 10.1. The third-order valence-corrected chi connectivity index (χ3v) is 12.9. The molecule has 2 aliphatic heterocycles. The fraction of sp³-hybridized carbons (Fsp3) is 0.207. The Morgan fingerprint density at radius 1 is 0.742 bits per heavy atom. The maximum atomic E-state index is 12.3. The van der Waals surface area contributed by atoms with Crippen molar-refractivity contribution in [1.29, 1.82) is 5.26 Å². The highest BCUT2D eigenvalue weighted by atomic mass is 16.5. The standard InChI is InChI=1S/C58H53N3O5/c1-43-23-27-52-50(35-43)57(37-44-15-7-3-8-16-44,38-45-17-9-4-10-18-45)55(61(52)33-34-66-42-62)30-25-48(41-59)24-29-54-58(39-46-19-11-5-12-20-46,40-47-21-13-6-14-22-47)51-36-49(65-2)26-28-53(51)60(54)32-31-56(63)64/h3-30,35-36,42H,31-34,37-40H2,1-2H3/p+1. The van der Waals surface area contributed by atoms with Gasteiger partial charge in [-0.25, -0.2) is 0 Å². The lowest BCUT2D eigenvalue weighted by molar-refractivity contribution is -0.436. The Hall–Kier alpha value is -7.76. The predicted molar refractivity (Wildman–Crippen MR) is 260 cm³/mol. The topological polar surface area (TPSA) is 103 Å². The van der Waals surface area contributed by atoms with Crippen molar-refractivity contribution in [1.82, 2.24) is 0 Å². The minimum absolute atomic E-state index is 0.0861. The summed E-state index contributed by atoms with van der Waals surface area (Å²) in [5, 5.41) is 21.1. The first-order valence-corrected chi connectivity index (χ1v) is 22.4. The van der Waals surface area contributed by atoms with Crippen LogP contribution in [-0.4, -0.2) is 54.6 Å². The van der Waals surface area contributed by atoms with E-state index in [1.807, 2.05) is 78.9 Å². The molecule has 2 heterocycles. The number of aryl methyl sites for hydroxylation is 1. The van der Waals surface area contributed by atoms with Gasteiger partial charge in [-0.05, 0) is 96.9 Å². The second-order valence-electron chi connectivity index (χ2n) is 17.1. The molecule has 330 valence electrons. The van der Waals surface area contributed by atoms with Crippen molar-refractivity contribution in [2.45, 2.75) is 49.9 Å². The molecule has 0 atom stereocenters. The minimum atomic E-state index is -0.897. The van der Waals surface area contributed by atoms with Crippen LogP contribution < -0.4 is 9.64 Å². The van der Waals surface area contributed by atoms with Crippen LogP contribution >= 0.6 is 0 Å². The van der Waals surface area contributed by atoms with Gasteiger partial charge < -0.3 is 19.5 Å². The summed E-state index contributed by atoms with van der Waals surface area (Å²) in [6.45, 7) is 3.42. The molecule has 66 heavy (non-hydrogen) atoms. The van der Waals surface area contributed by atoms with Crippen molar-refractivity contribution in [3.8, 4) is 11.8 Å². The number of hydrogen-bond donors (Lipinski definition) is 1. The highest BCUT2D eigenvalue weighted by molar-refractivity contribution is 6.04. The molecule has 0 fully saturated rings. The number of allylic oxidation sites excluding steroid dienone is 6. The number of fused-ring (bicyclic) bond motifs is 2. The fourth-order valence-electron chi connectivity index (χ4n) is 10.1. The largest absolute Gasteiger partial charge is 0.497 e. The van der Waals surface area contributed by atoms with E-state index in [1.165, 1.54) is 16.7 Å². The molecule has 0 bridgehead atoms. The van der Waals surface area contributed by atoms with Crippen LogP contribution in [0.4, 0.5) is 11.4 Å². The Morgan fingerprint density at radius 3 is 1.82 bits per heavy atom. The van der Waals surface area contributed by atoms with Gasteiger partial charge in [-0.3, -0.25) is 9.59 Å². The van der Waals surface area contributed by atoms with E-state index in [9.17, 15) is 20.0 Å². The summed E-state index contributed by atoms with van der Waals surface area (Å²) in [6.07, 6.45) is 10.4. The molecule has 8 nitrogen and oxygen atoms in total. The van der Waals surface area contributed by atoms with E-state index >= 15 is 0 Å². The quantitative estimate of drug-likeness (QED) is 0.0284. The van der Waals surface area contributed by atoms with Gasteiger partial charge in [0, 0.05) is 34.5 Å². The Kier molecular flexibility index (Phi) is 13.8. The number of carboxylic acids is 1. The number of aliphatic carboxylic acids is 1. The first kappa shape index (κ1) is 44.8. The van der Waals surface area contributed by atoms with Crippen LogP contribution in [0.2, 0.25) is 0 Å². The lowest BCUT2D eigenvalue weighted by Crippen LogP contribution is -2.39. The SMILES string of the molecule is COc1ccc2c(c1)C(Cc1ccccc1)(Cc1ccccc1)C(C=CC(C#N)=CC=C1N(CCOC=O)c3ccc(C)cc3C1(Cc1ccccc1)Cc1ccccc1)=[N+]2CCC(=O)O. The predicted octanol–water partition coefficient (Wildman–Crippen LogP) is 10.6. The van der Waals surface area contributed by atoms with Crippen molar-refractivity contribution in [2.75, 3.05) is 31.7 Å². The van der Waals surface area contributed by atoms with Gasteiger partial charge in [0.05, 0.1) is 30.7 Å². The van der Waals surface area contributed by atoms with Crippen molar-refractivity contribution in [2.24, 2.45) is 0 Å². The van der Waals surface area contributed by atoms with E-state index < -0.39 is 16.8 Å². The highest BCUT2D eigenvalue weighted by Gasteiger charge is 2.52. The van der Waals surface area contributed by atoms with Gasteiger partial charge in [0.25, 0.3) is 6.47 Å². The summed E-state index contributed by atoms with van der Waals surface area (Å²) in [6, 6.07) is 56.8. The Labute approximate surface area is 387 Å². The monoisotopic (exact) mass is 872 g/mol. The van der Waals surface area contributed by atoms with Gasteiger partial charge >= 0.3 is 5.97 Å². The van der Waals surface area contributed by atoms with Gasteiger partial charge in [-0.2, -0.15) is 9.84 Å². The molecule has 8 rings (SSSR count). The maximum absolute atomic E-state index is 12.3. The summed E-state index contributed by atoms with van der Waals surface area (Å²) in [5.74, 6) is -0.191. The third kappa shape index (κ3) is 9.52. The number of anilines is 1. The molecule has 0 saturated carbocycles. The van der Waals surface area contributed by atoms with Crippen LogP contribution in [0.5, 0.6) is 5.75 Å². The summed E-state index contributed by atoms with van der Waals surface area (Å²) < 4.78 is 13.3. The van der Waals surface area contributed by atoms with Crippen LogP contribution in [0, 0.1) is 18.3 Å². The molecule has 0 radical (unpaired) electrons. The summed E-state index contributed by atoms with van der Waals surface area (Å²) >= 11 is 0. The average molecular weight is 873 g/mol. The van der Waals surface area contributed by atoms with Crippen molar-refractivity contribution in [3.63, 3.8) is 0 Å². The second-order valence-corrected chi connectivity index (χ2v) is 17.1. The Bertz CT molecular complexity index is 2760. The normalized spacial score (nSPS) is 15.4. The first-order chi connectivity index (χ1) is 32.3. The molecule has 0 unspecified atom stereocenters. The molecule has 0 spiro atoms. The number of nitrogens with zero attached hydrogens (tertiary/aromatic N) is 3. The molecule has 8 heteroatoms. The van der Waals surface area contributed by atoms with Gasteiger partial charge in [0.1, 0.15) is 18.8 Å². The van der Waals surface area contributed by atoms with E-state index in [1.54, 1.807) is 7.11 Å². The molecule has 0 saturated heterocycles. The number of benzene rings is 6.